The topological polar surface area (TPSA) is 90.7 Å². The fourth-order valence-corrected chi connectivity index (χ4v) is 3.35. The van der Waals surface area contributed by atoms with Crippen molar-refractivity contribution in [1.82, 2.24) is 4.98 Å². The van der Waals surface area contributed by atoms with Crippen LogP contribution >= 0.6 is 23.2 Å². The molecule has 0 spiro atoms. The van der Waals surface area contributed by atoms with Gasteiger partial charge in [0.25, 0.3) is 6.01 Å². The number of benzene rings is 2. The lowest BCUT2D eigenvalue weighted by molar-refractivity contribution is -0.162. The van der Waals surface area contributed by atoms with Crippen LogP contribution in [0.5, 0.6) is 0 Å². The van der Waals surface area contributed by atoms with Crippen LogP contribution in [-0.4, -0.2) is 30.1 Å². The molecule has 0 aliphatic heterocycles. The summed E-state index contributed by atoms with van der Waals surface area (Å²) in [6.07, 6.45) is 0. The standard InChI is InChI=1S/C21H20Cl2N2O5/c1-3-28-19(26)17(20(27)29-4-2)18(12-6-5-7-13(22)10-12)25-21-24-15-11-14(23)8-9-16(15)30-21/h5-11,17-18H,3-4H2,1-2H3,(H,24,25). The summed E-state index contributed by atoms with van der Waals surface area (Å²) < 4.78 is 16.0. The summed E-state index contributed by atoms with van der Waals surface area (Å²) in [6, 6.07) is 11.0. The molecule has 3 rings (SSSR count). The number of hydrogen-bond acceptors (Lipinski definition) is 7. The molecule has 30 heavy (non-hydrogen) atoms. The summed E-state index contributed by atoms with van der Waals surface area (Å²) in [5, 5.41) is 3.97. The molecule has 7 nitrogen and oxygen atoms in total. The molecular weight excluding hydrogens is 431 g/mol. The van der Waals surface area contributed by atoms with Gasteiger partial charge >= 0.3 is 11.9 Å². The normalized spacial score (nSPS) is 12.0. The average Bonchev–Trinajstić information content (AvgIpc) is 3.09. The maximum Gasteiger partial charge on any atom is 0.322 e. The molecule has 0 fully saturated rings. The average molecular weight is 451 g/mol. The molecule has 1 heterocycles. The number of nitrogens with one attached hydrogen (secondary N) is 1. The van der Waals surface area contributed by atoms with E-state index in [4.69, 9.17) is 37.1 Å². The number of esters is 2. The minimum absolute atomic E-state index is 0.107. The number of oxazole rings is 1. The Morgan fingerprint density at radius 2 is 1.70 bits per heavy atom. The number of aromatic nitrogens is 1. The number of fused-ring (bicyclic) bond motifs is 1. The van der Waals surface area contributed by atoms with Crippen molar-refractivity contribution in [3.63, 3.8) is 0 Å². The largest absolute Gasteiger partial charge is 0.465 e. The van der Waals surface area contributed by atoms with Crippen molar-refractivity contribution in [3.8, 4) is 0 Å². The van der Waals surface area contributed by atoms with Crippen LogP contribution in [0.3, 0.4) is 0 Å². The Balaban J connectivity index is 2.05. The van der Waals surface area contributed by atoms with Crippen molar-refractivity contribution in [2.45, 2.75) is 19.9 Å². The van der Waals surface area contributed by atoms with Crippen LogP contribution in [0.4, 0.5) is 6.01 Å². The summed E-state index contributed by atoms with van der Waals surface area (Å²) in [4.78, 5) is 29.8. The quantitative estimate of drug-likeness (QED) is 0.380. The minimum Gasteiger partial charge on any atom is -0.465 e. The van der Waals surface area contributed by atoms with Gasteiger partial charge in [0.15, 0.2) is 11.5 Å². The molecule has 9 heteroatoms. The number of anilines is 1. The van der Waals surface area contributed by atoms with Crippen LogP contribution in [-0.2, 0) is 19.1 Å². The molecular formula is C21H20Cl2N2O5. The third kappa shape index (κ3) is 5.04. The number of carbonyl (C=O) groups excluding carboxylic acids is 2. The van der Waals surface area contributed by atoms with Gasteiger partial charge in [-0.05, 0) is 49.7 Å². The van der Waals surface area contributed by atoms with E-state index >= 15 is 0 Å². The number of nitrogens with zero attached hydrogens (tertiary/aromatic N) is 1. The fourth-order valence-electron chi connectivity index (χ4n) is 2.99. The second-order valence-corrected chi connectivity index (χ2v) is 7.16. The zero-order chi connectivity index (χ0) is 21.7. The zero-order valence-electron chi connectivity index (χ0n) is 16.4. The highest BCUT2D eigenvalue weighted by molar-refractivity contribution is 6.31. The molecule has 1 unspecified atom stereocenters. The molecule has 0 bridgehead atoms. The highest BCUT2D eigenvalue weighted by atomic mass is 35.5. The van der Waals surface area contributed by atoms with Gasteiger partial charge in [-0.2, -0.15) is 4.98 Å². The molecule has 1 aromatic heterocycles. The van der Waals surface area contributed by atoms with E-state index in [9.17, 15) is 9.59 Å². The summed E-state index contributed by atoms with van der Waals surface area (Å²) in [7, 11) is 0. The Hall–Kier alpha value is -2.77. The van der Waals surface area contributed by atoms with Crippen molar-refractivity contribution >= 4 is 52.3 Å². The number of hydrogen-bond donors (Lipinski definition) is 1. The van der Waals surface area contributed by atoms with Crippen LogP contribution in [0, 0.1) is 5.92 Å². The maximum atomic E-state index is 12.7. The lowest BCUT2D eigenvalue weighted by Crippen LogP contribution is -2.37. The molecule has 2 aromatic carbocycles. The van der Waals surface area contributed by atoms with E-state index < -0.39 is 23.9 Å². The lowest BCUT2D eigenvalue weighted by atomic mass is 9.93. The van der Waals surface area contributed by atoms with E-state index in [0.717, 1.165) is 0 Å². The molecule has 158 valence electrons. The monoisotopic (exact) mass is 450 g/mol. The molecule has 1 atom stereocenters. The molecule has 0 aliphatic rings. The van der Waals surface area contributed by atoms with Gasteiger partial charge in [-0.1, -0.05) is 35.3 Å². The predicted molar refractivity (Wildman–Crippen MR) is 114 cm³/mol. The van der Waals surface area contributed by atoms with Crippen molar-refractivity contribution in [2.75, 3.05) is 18.5 Å². The van der Waals surface area contributed by atoms with Crippen LogP contribution in [0.15, 0.2) is 46.9 Å². The molecule has 3 aromatic rings. The van der Waals surface area contributed by atoms with Crippen LogP contribution in [0.25, 0.3) is 11.1 Å². The first-order chi connectivity index (χ1) is 14.4. The molecule has 0 saturated carbocycles. The van der Waals surface area contributed by atoms with E-state index in [2.05, 4.69) is 10.3 Å². The summed E-state index contributed by atoms with van der Waals surface area (Å²) in [5.41, 5.74) is 1.59. The number of rotatable bonds is 8. The third-order valence-electron chi connectivity index (χ3n) is 4.25. The van der Waals surface area contributed by atoms with Gasteiger partial charge in [-0.15, -0.1) is 0 Å². The van der Waals surface area contributed by atoms with Gasteiger partial charge < -0.3 is 19.2 Å². The van der Waals surface area contributed by atoms with Gasteiger partial charge in [0.1, 0.15) is 5.52 Å². The van der Waals surface area contributed by atoms with Gasteiger partial charge in [-0.3, -0.25) is 9.59 Å². The Labute approximate surface area is 183 Å². The van der Waals surface area contributed by atoms with E-state index in [-0.39, 0.29) is 19.2 Å². The second kappa shape index (κ2) is 9.82. The molecule has 0 amide bonds. The SMILES string of the molecule is CCOC(=O)C(C(=O)OCC)C(Nc1nc2cc(Cl)ccc2o1)c1cccc(Cl)c1. The first-order valence-electron chi connectivity index (χ1n) is 9.34. The predicted octanol–water partition coefficient (Wildman–Crippen LogP) is 5.03. The van der Waals surface area contributed by atoms with E-state index in [1.54, 1.807) is 56.3 Å². The first kappa shape index (κ1) is 21.9. The second-order valence-electron chi connectivity index (χ2n) is 6.29. The van der Waals surface area contributed by atoms with Crippen LogP contribution in [0.1, 0.15) is 25.5 Å². The Bertz CT molecular complexity index is 1030. The Morgan fingerprint density at radius 3 is 2.33 bits per heavy atom. The number of carbonyl (C=O) groups is 2. The van der Waals surface area contributed by atoms with Crippen molar-refractivity contribution < 1.29 is 23.5 Å². The first-order valence-corrected chi connectivity index (χ1v) is 10.1. The van der Waals surface area contributed by atoms with Crippen LogP contribution < -0.4 is 5.32 Å². The number of halogens is 2. The minimum atomic E-state index is -1.30. The maximum absolute atomic E-state index is 12.7. The number of ether oxygens (including phenoxy) is 2. The van der Waals surface area contributed by atoms with Gasteiger partial charge in [-0.25, -0.2) is 0 Å². The third-order valence-corrected chi connectivity index (χ3v) is 4.72. The summed E-state index contributed by atoms with van der Waals surface area (Å²) in [6.45, 7) is 3.54. The smallest absolute Gasteiger partial charge is 0.322 e. The van der Waals surface area contributed by atoms with E-state index in [0.29, 0.717) is 26.7 Å². The lowest BCUT2D eigenvalue weighted by Gasteiger charge is -2.25. The van der Waals surface area contributed by atoms with Crippen molar-refractivity contribution in [1.29, 1.82) is 0 Å². The molecule has 1 N–H and O–H groups in total. The van der Waals surface area contributed by atoms with Crippen molar-refractivity contribution in [2.24, 2.45) is 5.92 Å². The highest BCUT2D eigenvalue weighted by Crippen LogP contribution is 2.32. The fraction of sp³-hybridized carbons (Fsp3) is 0.286. The van der Waals surface area contributed by atoms with E-state index in [1.165, 1.54) is 0 Å². The van der Waals surface area contributed by atoms with Crippen molar-refractivity contribution in [3.05, 3.63) is 58.1 Å². The Morgan fingerprint density at radius 1 is 1.03 bits per heavy atom. The summed E-state index contributed by atoms with van der Waals surface area (Å²) >= 11 is 12.2. The molecule has 0 saturated heterocycles. The summed E-state index contributed by atoms with van der Waals surface area (Å²) in [5.74, 6) is -2.76. The van der Waals surface area contributed by atoms with Gasteiger partial charge in [0.05, 0.1) is 19.3 Å². The highest BCUT2D eigenvalue weighted by Gasteiger charge is 2.39. The Kier molecular flexibility index (Phi) is 7.18. The zero-order valence-corrected chi connectivity index (χ0v) is 17.9. The van der Waals surface area contributed by atoms with Gasteiger partial charge in [0, 0.05) is 10.0 Å². The molecule has 0 aliphatic carbocycles. The van der Waals surface area contributed by atoms with Crippen LogP contribution in [0.2, 0.25) is 10.0 Å². The van der Waals surface area contributed by atoms with Gasteiger partial charge in [0.2, 0.25) is 0 Å². The van der Waals surface area contributed by atoms with E-state index in [1.807, 2.05) is 0 Å². The molecule has 0 radical (unpaired) electrons.